The smallest absolute Gasteiger partial charge is 0.353 e. The minimum absolute atomic E-state index is 0.110. The third-order valence-electron chi connectivity index (χ3n) is 2.99. The average Bonchev–Trinajstić information content (AvgIpc) is 2.38. The lowest BCUT2D eigenvalue weighted by molar-refractivity contribution is -0.383. The number of hydrogen-bond donors (Lipinski definition) is 2. The van der Waals surface area contributed by atoms with E-state index in [1.54, 1.807) is 0 Å². The van der Waals surface area contributed by atoms with Crippen molar-refractivity contribution in [3.05, 3.63) is 16.4 Å². The Labute approximate surface area is 118 Å². The third kappa shape index (κ3) is 4.30. The molecule has 8 nitrogen and oxygen atoms in total. The van der Waals surface area contributed by atoms with Crippen molar-refractivity contribution < 1.29 is 4.92 Å². The SMILES string of the molecule is CCNc1ncnc(NCCN(C)C(C)C)c1[N+](=O)[O-]. The molecule has 0 amide bonds. The predicted octanol–water partition coefficient (Wildman–Crippen LogP) is 1.57. The molecule has 0 radical (unpaired) electrons. The summed E-state index contributed by atoms with van der Waals surface area (Å²) in [5.74, 6) is 0.491. The van der Waals surface area contributed by atoms with Gasteiger partial charge in [0.1, 0.15) is 6.33 Å². The summed E-state index contributed by atoms with van der Waals surface area (Å²) in [5, 5.41) is 17.0. The summed E-state index contributed by atoms with van der Waals surface area (Å²) in [7, 11) is 2.00. The highest BCUT2D eigenvalue weighted by atomic mass is 16.6. The van der Waals surface area contributed by atoms with Gasteiger partial charge in [-0.15, -0.1) is 0 Å². The molecule has 1 aromatic heterocycles. The maximum atomic E-state index is 11.2. The number of rotatable bonds is 8. The monoisotopic (exact) mass is 282 g/mol. The lowest BCUT2D eigenvalue weighted by Crippen LogP contribution is -2.31. The number of nitrogens with zero attached hydrogens (tertiary/aromatic N) is 4. The summed E-state index contributed by atoms with van der Waals surface area (Å²) in [6.07, 6.45) is 1.32. The summed E-state index contributed by atoms with van der Waals surface area (Å²) in [6.45, 7) is 7.96. The van der Waals surface area contributed by atoms with Crippen molar-refractivity contribution in [2.75, 3.05) is 37.3 Å². The van der Waals surface area contributed by atoms with Gasteiger partial charge in [-0.2, -0.15) is 0 Å². The van der Waals surface area contributed by atoms with Crippen LogP contribution in [0.25, 0.3) is 0 Å². The summed E-state index contributed by atoms with van der Waals surface area (Å²) in [6, 6.07) is 0.425. The lowest BCUT2D eigenvalue weighted by atomic mass is 10.3. The van der Waals surface area contributed by atoms with Crippen molar-refractivity contribution in [3.8, 4) is 0 Å². The summed E-state index contributed by atoms with van der Waals surface area (Å²) >= 11 is 0. The first-order chi connectivity index (χ1) is 9.47. The number of likely N-dealkylation sites (N-methyl/N-ethyl adjacent to an activating group) is 1. The second kappa shape index (κ2) is 7.59. The van der Waals surface area contributed by atoms with Gasteiger partial charge in [-0.05, 0) is 27.8 Å². The van der Waals surface area contributed by atoms with Crippen molar-refractivity contribution in [1.29, 1.82) is 0 Å². The molecular weight excluding hydrogens is 260 g/mol. The van der Waals surface area contributed by atoms with Gasteiger partial charge in [-0.25, -0.2) is 9.97 Å². The Morgan fingerprint density at radius 3 is 2.45 bits per heavy atom. The van der Waals surface area contributed by atoms with Crippen LogP contribution in [0.5, 0.6) is 0 Å². The minimum Gasteiger partial charge on any atom is -0.364 e. The zero-order chi connectivity index (χ0) is 15.1. The van der Waals surface area contributed by atoms with Gasteiger partial charge in [0.2, 0.25) is 11.6 Å². The molecule has 0 aromatic carbocycles. The Morgan fingerprint density at radius 2 is 1.95 bits per heavy atom. The fourth-order valence-corrected chi connectivity index (χ4v) is 1.59. The molecule has 0 aliphatic carbocycles. The Hall–Kier alpha value is -1.96. The molecule has 1 rings (SSSR count). The quantitative estimate of drug-likeness (QED) is 0.551. The van der Waals surface area contributed by atoms with Crippen molar-refractivity contribution in [3.63, 3.8) is 0 Å². The molecule has 1 aromatic rings. The molecule has 112 valence electrons. The number of nitro groups is 1. The molecule has 0 aliphatic heterocycles. The molecule has 0 saturated heterocycles. The van der Waals surface area contributed by atoms with Crippen LogP contribution in [0.3, 0.4) is 0 Å². The zero-order valence-electron chi connectivity index (χ0n) is 12.4. The van der Waals surface area contributed by atoms with E-state index in [9.17, 15) is 10.1 Å². The van der Waals surface area contributed by atoms with Crippen LogP contribution in [0.2, 0.25) is 0 Å². The van der Waals surface area contributed by atoms with E-state index in [1.165, 1.54) is 6.33 Å². The molecule has 0 atom stereocenters. The van der Waals surface area contributed by atoms with Gasteiger partial charge >= 0.3 is 5.69 Å². The Kier molecular flexibility index (Phi) is 6.10. The van der Waals surface area contributed by atoms with Crippen LogP contribution in [0.4, 0.5) is 17.3 Å². The van der Waals surface area contributed by atoms with Crippen LogP contribution in [0.1, 0.15) is 20.8 Å². The third-order valence-corrected chi connectivity index (χ3v) is 2.99. The van der Waals surface area contributed by atoms with Crippen LogP contribution < -0.4 is 10.6 Å². The van der Waals surface area contributed by atoms with Crippen LogP contribution in [0.15, 0.2) is 6.33 Å². The van der Waals surface area contributed by atoms with Gasteiger partial charge in [-0.3, -0.25) is 10.1 Å². The molecule has 0 spiro atoms. The van der Waals surface area contributed by atoms with Gasteiger partial charge in [-0.1, -0.05) is 0 Å². The van der Waals surface area contributed by atoms with Gasteiger partial charge in [0.05, 0.1) is 4.92 Å². The molecule has 2 N–H and O–H groups in total. The van der Waals surface area contributed by atoms with E-state index in [4.69, 9.17) is 0 Å². The molecule has 0 saturated carbocycles. The molecule has 0 fully saturated rings. The molecule has 0 unspecified atom stereocenters. The highest BCUT2D eigenvalue weighted by Crippen LogP contribution is 2.28. The lowest BCUT2D eigenvalue weighted by Gasteiger charge is -2.21. The van der Waals surface area contributed by atoms with Crippen LogP contribution >= 0.6 is 0 Å². The fourth-order valence-electron chi connectivity index (χ4n) is 1.59. The second-order valence-corrected chi connectivity index (χ2v) is 4.71. The second-order valence-electron chi connectivity index (χ2n) is 4.71. The fraction of sp³-hybridized carbons (Fsp3) is 0.667. The molecule has 1 heterocycles. The highest BCUT2D eigenvalue weighted by Gasteiger charge is 2.22. The normalized spacial score (nSPS) is 10.9. The molecule has 20 heavy (non-hydrogen) atoms. The van der Waals surface area contributed by atoms with E-state index in [0.29, 0.717) is 19.1 Å². The first kappa shape index (κ1) is 16.1. The van der Waals surface area contributed by atoms with Crippen LogP contribution in [-0.4, -0.2) is 52.5 Å². The maximum Gasteiger partial charge on any atom is 0.353 e. The van der Waals surface area contributed by atoms with Crippen molar-refractivity contribution in [2.45, 2.75) is 26.8 Å². The van der Waals surface area contributed by atoms with E-state index in [2.05, 4.69) is 39.3 Å². The first-order valence-corrected chi connectivity index (χ1v) is 6.64. The summed E-state index contributed by atoms with van der Waals surface area (Å²) < 4.78 is 0. The van der Waals surface area contributed by atoms with Gasteiger partial charge in [0.15, 0.2) is 0 Å². The minimum atomic E-state index is -0.466. The zero-order valence-corrected chi connectivity index (χ0v) is 12.4. The van der Waals surface area contributed by atoms with Crippen molar-refractivity contribution >= 4 is 17.3 Å². The van der Waals surface area contributed by atoms with Gasteiger partial charge < -0.3 is 15.5 Å². The number of nitrogens with one attached hydrogen (secondary N) is 2. The summed E-state index contributed by atoms with van der Waals surface area (Å²) in [4.78, 5) is 20.7. The maximum absolute atomic E-state index is 11.2. The first-order valence-electron chi connectivity index (χ1n) is 6.64. The molecule has 8 heteroatoms. The number of hydrogen-bond acceptors (Lipinski definition) is 7. The van der Waals surface area contributed by atoms with Crippen LogP contribution in [0, 0.1) is 10.1 Å². The number of anilines is 2. The summed E-state index contributed by atoms with van der Waals surface area (Å²) in [5.41, 5.74) is -0.110. The standard InChI is InChI=1S/C12H22N6O2/c1-5-13-11-10(18(19)20)12(16-8-15-11)14-6-7-17(4)9(2)3/h8-9H,5-7H2,1-4H3,(H2,13,14,15,16). The number of aromatic nitrogens is 2. The average molecular weight is 282 g/mol. The van der Waals surface area contributed by atoms with E-state index < -0.39 is 4.92 Å². The van der Waals surface area contributed by atoms with E-state index >= 15 is 0 Å². The Morgan fingerprint density at radius 1 is 1.35 bits per heavy atom. The van der Waals surface area contributed by atoms with E-state index in [1.807, 2.05) is 14.0 Å². The van der Waals surface area contributed by atoms with Crippen LogP contribution in [-0.2, 0) is 0 Å². The van der Waals surface area contributed by atoms with Crippen molar-refractivity contribution in [2.24, 2.45) is 0 Å². The predicted molar refractivity (Wildman–Crippen MR) is 79.1 cm³/mol. The van der Waals surface area contributed by atoms with Crippen molar-refractivity contribution in [1.82, 2.24) is 14.9 Å². The van der Waals surface area contributed by atoms with E-state index in [0.717, 1.165) is 6.54 Å². The van der Waals surface area contributed by atoms with Gasteiger partial charge in [0.25, 0.3) is 0 Å². The molecule has 0 bridgehead atoms. The molecule has 0 aliphatic rings. The largest absolute Gasteiger partial charge is 0.364 e. The Bertz CT molecular complexity index is 452. The highest BCUT2D eigenvalue weighted by molar-refractivity contribution is 5.69. The van der Waals surface area contributed by atoms with Gasteiger partial charge in [0, 0.05) is 25.7 Å². The Balaban J connectivity index is 2.79. The topological polar surface area (TPSA) is 96.2 Å². The van der Waals surface area contributed by atoms with E-state index in [-0.39, 0.29) is 17.3 Å². The molecular formula is C12H22N6O2.